The Bertz CT molecular complexity index is 594. The second-order valence-electron chi connectivity index (χ2n) is 6.74. The second-order valence-corrected chi connectivity index (χ2v) is 6.74. The molecule has 25 heavy (non-hydrogen) atoms. The number of carbonyl (C=O) groups excluding carboxylic acids is 2. The van der Waals surface area contributed by atoms with Crippen LogP contribution >= 0.6 is 12.4 Å². The summed E-state index contributed by atoms with van der Waals surface area (Å²) < 4.78 is 5.36. The highest BCUT2D eigenvalue weighted by Crippen LogP contribution is 2.27. The van der Waals surface area contributed by atoms with Gasteiger partial charge in [-0.2, -0.15) is 0 Å². The van der Waals surface area contributed by atoms with Gasteiger partial charge in [0.25, 0.3) is 5.91 Å². The predicted molar refractivity (Wildman–Crippen MR) is 99.9 cm³/mol. The number of nitrogens with one attached hydrogen (secondary N) is 2. The van der Waals surface area contributed by atoms with Crippen LogP contribution in [0.25, 0.3) is 0 Å². The van der Waals surface area contributed by atoms with E-state index in [0.29, 0.717) is 18.0 Å². The zero-order chi connectivity index (χ0) is 17.0. The first-order chi connectivity index (χ1) is 11.6. The summed E-state index contributed by atoms with van der Waals surface area (Å²) in [5.74, 6) is -0.245. The first kappa shape index (κ1) is 19.7. The summed E-state index contributed by atoms with van der Waals surface area (Å²) in [7, 11) is 0. The first-order valence-corrected chi connectivity index (χ1v) is 8.70. The second kappa shape index (κ2) is 8.65. The minimum Gasteiger partial charge on any atom is -0.368 e. The Balaban J connectivity index is 0.00000225. The highest BCUT2D eigenvalue weighted by atomic mass is 35.5. The van der Waals surface area contributed by atoms with Crippen LogP contribution < -0.4 is 16.4 Å². The highest BCUT2D eigenvalue weighted by molar-refractivity contribution is 5.98. The molecule has 1 aliphatic carbocycles. The van der Waals surface area contributed by atoms with Gasteiger partial charge in [-0.1, -0.05) is 19.3 Å². The van der Waals surface area contributed by atoms with E-state index in [0.717, 1.165) is 44.9 Å². The normalized spacial score (nSPS) is 21.9. The Morgan fingerprint density at radius 1 is 1.00 bits per heavy atom. The predicted octanol–water partition coefficient (Wildman–Crippen LogP) is 2.83. The summed E-state index contributed by atoms with van der Waals surface area (Å²) >= 11 is 0. The average Bonchev–Trinajstić information content (AvgIpc) is 3.12. The molecule has 4 N–H and O–H groups in total. The first-order valence-electron chi connectivity index (χ1n) is 8.70. The van der Waals surface area contributed by atoms with Gasteiger partial charge in [-0.05, 0) is 49.9 Å². The molecule has 1 atom stereocenters. The van der Waals surface area contributed by atoms with Crippen molar-refractivity contribution in [1.82, 2.24) is 0 Å². The van der Waals surface area contributed by atoms with Gasteiger partial charge in [0, 0.05) is 18.0 Å². The number of ether oxygens (including phenoxy) is 1. The summed E-state index contributed by atoms with van der Waals surface area (Å²) in [4.78, 5) is 24.4. The standard InChI is InChI=1S/C18H25N3O3.ClH/c19-18(10-2-1-3-11-18)17(23)21-14-8-6-13(7-9-14)20-16(22)15-5-4-12-24-15;/h6-9,15H,1-5,10-12,19H2,(H,20,22)(H,21,23);1H. The van der Waals surface area contributed by atoms with E-state index in [9.17, 15) is 9.59 Å². The van der Waals surface area contributed by atoms with Crippen molar-refractivity contribution in [2.24, 2.45) is 5.73 Å². The number of anilines is 2. The van der Waals surface area contributed by atoms with Crippen molar-refractivity contribution in [1.29, 1.82) is 0 Å². The van der Waals surface area contributed by atoms with Gasteiger partial charge in [0.1, 0.15) is 6.10 Å². The quantitative estimate of drug-likeness (QED) is 0.762. The smallest absolute Gasteiger partial charge is 0.253 e. The Morgan fingerprint density at radius 2 is 1.60 bits per heavy atom. The SMILES string of the molecule is Cl.NC1(C(=O)Nc2ccc(NC(=O)C3CCCO3)cc2)CCCCC1. The lowest BCUT2D eigenvalue weighted by atomic mass is 9.82. The van der Waals surface area contributed by atoms with Crippen molar-refractivity contribution in [3.63, 3.8) is 0 Å². The van der Waals surface area contributed by atoms with E-state index in [4.69, 9.17) is 10.5 Å². The summed E-state index contributed by atoms with van der Waals surface area (Å²) in [6.45, 7) is 0.643. The largest absolute Gasteiger partial charge is 0.368 e. The number of halogens is 1. The molecule has 1 heterocycles. The lowest BCUT2D eigenvalue weighted by Crippen LogP contribution is -2.52. The van der Waals surface area contributed by atoms with Crippen molar-refractivity contribution in [2.75, 3.05) is 17.2 Å². The molecule has 2 aliphatic rings. The Labute approximate surface area is 154 Å². The average molecular weight is 368 g/mol. The monoisotopic (exact) mass is 367 g/mol. The molecule has 0 aromatic heterocycles. The van der Waals surface area contributed by atoms with Gasteiger partial charge in [-0.3, -0.25) is 9.59 Å². The molecule has 1 saturated heterocycles. The molecular formula is C18H26ClN3O3. The van der Waals surface area contributed by atoms with Gasteiger partial charge in [-0.25, -0.2) is 0 Å². The molecule has 3 rings (SSSR count). The summed E-state index contributed by atoms with van der Waals surface area (Å²) in [5.41, 5.74) is 6.85. The van der Waals surface area contributed by atoms with Gasteiger partial charge in [0.2, 0.25) is 5.91 Å². The van der Waals surface area contributed by atoms with Gasteiger partial charge in [-0.15, -0.1) is 12.4 Å². The van der Waals surface area contributed by atoms with Gasteiger partial charge < -0.3 is 21.1 Å². The van der Waals surface area contributed by atoms with E-state index in [-0.39, 0.29) is 30.3 Å². The third kappa shape index (κ3) is 4.93. The molecule has 2 fully saturated rings. The van der Waals surface area contributed by atoms with E-state index in [1.54, 1.807) is 24.3 Å². The third-order valence-electron chi connectivity index (χ3n) is 4.83. The van der Waals surface area contributed by atoms with E-state index in [1.807, 2.05) is 0 Å². The van der Waals surface area contributed by atoms with Crippen molar-refractivity contribution in [3.05, 3.63) is 24.3 Å². The molecule has 1 unspecified atom stereocenters. The van der Waals surface area contributed by atoms with Gasteiger partial charge in [0.15, 0.2) is 0 Å². The van der Waals surface area contributed by atoms with Crippen molar-refractivity contribution < 1.29 is 14.3 Å². The zero-order valence-corrected chi connectivity index (χ0v) is 15.1. The zero-order valence-electron chi connectivity index (χ0n) is 14.3. The Hall–Kier alpha value is -1.63. The molecule has 138 valence electrons. The fourth-order valence-corrected chi connectivity index (χ4v) is 3.31. The third-order valence-corrected chi connectivity index (χ3v) is 4.83. The van der Waals surface area contributed by atoms with Crippen molar-refractivity contribution >= 4 is 35.6 Å². The molecule has 7 heteroatoms. The number of hydrogen-bond acceptors (Lipinski definition) is 4. The molecule has 1 aromatic carbocycles. The van der Waals surface area contributed by atoms with Crippen LogP contribution in [0.5, 0.6) is 0 Å². The van der Waals surface area contributed by atoms with Gasteiger partial charge in [0.05, 0.1) is 5.54 Å². The lowest BCUT2D eigenvalue weighted by Gasteiger charge is -2.31. The van der Waals surface area contributed by atoms with Crippen LogP contribution in [0.3, 0.4) is 0 Å². The minimum absolute atomic E-state index is 0. The Morgan fingerprint density at radius 3 is 2.16 bits per heavy atom. The van der Waals surface area contributed by atoms with E-state index < -0.39 is 5.54 Å². The van der Waals surface area contributed by atoms with E-state index in [2.05, 4.69) is 10.6 Å². The van der Waals surface area contributed by atoms with Crippen LogP contribution in [-0.2, 0) is 14.3 Å². The maximum atomic E-state index is 12.4. The number of rotatable bonds is 4. The van der Waals surface area contributed by atoms with Crippen LogP contribution in [0, 0.1) is 0 Å². The summed E-state index contributed by atoms with van der Waals surface area (Å²) in [6.07, 6.45) is 5.93. The highest BCUT2D eigenvalue weighted by Gasteiger charge is 2.35. The van der Waals surface area contributed by atoms with E-state index in [1.165, 1.54) is 0 Å². The molecule has 0 spiro atoms. The van der Waals surface area contributed by atoms with E-state index >= 15 is 0 Å². The van der Waals surface area contributed by atoms with Gasteiger partial charge >= 0.3 is 0 Å². The number of amides is 2. The summed E-state index contributed by atoms with van der Waals surface area (Å²) in [5, 5.41) is 5.72. The van der Waals surface area contributed by atoms with Crippen LogP contribution in [0.1, 0.15) is 44.9 Å². The summed E-state index contributed by atoms with van der Waals surface area (Å²) in [6, 6.07) is 7.09. The number of hydrogen-bond donors (Lipinski definition) is 3. The molecular weight excluding hydrogens is 342 g/mol. The van der Waals surface area contributed by atoms with Crippen LogP contribution in [-0.4, -0.2) is 30.1 Å². The molecule has 0 radical (unpaired) electrons. The number of benzene rings is 1. The topological polar surface area (TPSA) is 93.5 Å². The van der Waals surface area contributed by atoms with Crippen LogP contribution in [0.4, 0.5) is 11.4 Å². The number of nitrogens with two attached hydrogens (primary N) is 1. The molecule has 0 bridgehead atoms. The maximum Gasteiger partial charge on any atom is 0.253 e. The molecule has 2 amide bonds. The van der Waals surface area contributed by atoms with Crippen molar-refractivity contribution in [3.8, 4) is 0 Å². The lowest BCUT2D eigenvalue weighted by molar-refractivity contribution is -0.124. The molecule has 1 aromatic rings. The van der Waals surface area contributed by atoms with Crippen molar-refractivity contribution in [2.45, 2.75) is 56.6 Å². The molecule has 6 nitrogen and oxygen atoms in total. The van der Waals surface area contributed by atoms with Crippen LogP contribution in [0.2, 0.25) is 0 Å². The molecule has 1 saturated carbocycles. The Kier molecular flexibility index (Phi) is 6.81. The molecule has 1 aliphatic heterocycles. The fraction of sp³-hybridized carbons (Fsp3) is 0.556. The van der Waals surface area contributed by atoms with Crippen LogP contribution in [0.15, 0.2) is 24.3 Å². The maximum absolute atomic E-state index is 12.4. The number of carbonyl (C=O) groups is 2. The fourth-order valence-electron chi connectivity index (χ4n) is 3.31. The minimum atomic E-state index is -0.759.